The third-order valence-corrected chi connectivity index (χ3v) is 3.05. The summed E-state index contributed by atoms with van der Waals surface area (Å²) < 4.78 is 7.54. The maximum atomic E-state index is 5.97. The van der Waals surface area contributed by atoms with Crippen LogP contribution >= 0.6 is 0 Å². The Kier molecular flexibility index (Phi) is 3.08. The summed E-state index contributed by atoms with van der Waals surface area (Å²) in [6.07, 6.45) is 1.46. The van der Waals surface area contributed by atoms with Crippen molar-refractivity contribution in [3.8, 4) is 11.6 Å². The summed E-state index contributed by atoms with van der Waals surface area (Å²) in [7, 11) is 0. The van der Waals surface area contributed by atoms with Crippen molar-refractivity contribution in [1.82, 2.24) is 19.6 Å². The molecule has 0 radical (unpaired) electrons. The van der Waals surface area contributed by atoms with Gasteiger partial charge in [0.25, 0.3) is 5.78 Å². The van der Waals surface area contributed by atoms with Gasteiger partial charge < -0.3 is 10.5 Å². The van der Waals surface area contributed by atoms with Crippen LogP contribution in [0.4, 0.5) is 0 Å². The van der Waals surface area contributed by atoms with Crippen molar-refractivity contribution < 1.29 is 4.74 Å². The first kappa shape index (κ1) is 12.6. The maximum absolute atomic E-state index is 5.97. The lowest BCUT2D eigenvalue weighted by Crippen LogP contribution is -2.01. The molecule has 2 N–H and O–H groups in total. The third-order valence-electron chi connectivity index (χ3n) is 3.05. The molecule has 0 unspecified atom stereocenters. The molecule has 0 aliphatic rings. The van der Waals surface area contributed by atoms with Gasteiger partial charge in [-0.3, -0.25) is 0 Å². The second-order valence-corrected chi connectivity index (χ2v) is 4.61. The Morgan fingerprint density at radius 2 is 2.10 bits per heavy atom. The van der Waals surface area contributed by atoms with Gasteiger partial charge in [-0.2, -0.15) is 14.6 Å². The van der Waals surface area contributed by atoms with Crippen LogP contribution < -0.4 is 10.5 Å². The number of rotatable bonds is 3. The number of hydrogen-bond donors (Lipinski definition) is 1. The van der Waals surface area contributed by atoms with Gasteiger partial charge in [-0.15, -0.1) is 0 Å². The molecule has 1 aromatic carbocycles. The highest BCUT2D eigenvalue weighted by atomic mass is 16.5. The molecular formula is C14H15N5O. The fourth-order valence-electron chi connectivity index (χ4n) is 1.96. The summed E-state index contributed by atoms with van der Waals surface area (Å²) in [5, 5.41) is 4.12. The molecule has 6 nitrogen and oxygen atoms in total. The lowest BCUT2D eigenvalue weighted by Gasteiger charge is -2.11. The Morgan fingerprint density at radius 3 is 2.90 bits per heavy atom. The molecule has 6 heteroatoms. The van der Waals surface area contributed by atoms with Crippen LogP contribution in [-0.4, -0.2) is 19.6 Å². The van der Waals surface area contributed by atoms with Gasteiger partial charge in [0.15, 0.2) is 0 Å². The minimum atomic E-state index is 0.477. The highest BCUT2D eigenvalue weighted by Crippen LogP contribution is 2.26. The first-order valence-corrected chi connectivity index (χ1v) is 6.32. The van der Waals surface area contributed by atoms with E-state index in [2.05, 4.69) is 15.1 Å². The van der Waals surface area contributed by atoms with Gasteiger partial charge in [0, 0.05) is 18.3 Å². The lowest BCUT2D eigenvalue weighted by molar-refractivity contribution is 0.441. The average Bonchev–Trinajstić information content (AvgIpc) is 2.89. The van der Waals surface area contributed by atoms with E-state index >= 15 is 0 Å². The van der Waals surface area contributed by atoms with Crippen molar-refractivity contribution in [3.63, 3.8) is 0 Å². The fourth-order valence-corrected chi connectivity index (χ4v) is 1.96. The number of nitrogens with zero attached hydrogens (tertiary/aromatic N) is 4. The number of aromatic nitrogens is 4. The molecule has 0 aliphatic heterocycles. The van der Waals surface area contributed by atoms with Crippen molar-refractivity contribution in [2.45, 2.75) is 20.4 Å². The molecule has 102 valence electrons. The highest BCUT2D eigenvalue weighted by Gasteiger charge is 2.09. The summed E-state index contributed by atoms with van der Waals surface area (Å²) >= 11 is 0. The van der Waals surface area contributed by atoms with Gasteiger partial charge in [0.1, 0.15) is 12.1 Å². The molecule has 0 bridgehead atoms. The number of ether oxygens (including phenoxy) is 1. The number of hydrogen-bond acceptors (Lipinski definition) is 5. The van der Waals surface area contributed by atoms with Gasteiger partial charge in [0.05, 0.1) is 0 Å². The van der Waals surface area contributed by atoms with Gasteiger partial charge in [0.2, 0.25) is 5.88 Å². The quantitative estimate of drug-likeness (QED) is 0.786. The van der Waals surface area contributed by atoms with Gasteiger partial charge >= 0.3 is 0 Å². The second-order valence-electron chi connectivity index (χ2n) is 4.61. The molecule has 0 amide bonds. The average molecular weight is 269 g/mol. The molecule has 0 saturated carbocycles. The number of nitrogens with two attached hydrogens (primary N) is 1. The Balaban J connectivity index is 2.07. The summed E-state index contributed by atoms with van der Waals surface area (Å²) in [4.78, 5) is 8.36. The normalized spacial score (nSPS) is 10.9. The predicted octanol–water partition coefficient (Wildman–Crippen LogP) is 1.99. The van der Waals surface area contributed by atoms with Crippen LogP contribution in [0.15, 0.2) is 30.6 Å². The van der Waals surface area contributed by atoms with E-state index in [0.29, 0.717) is 18.2 Å². The molecule has 0 fully saturated rings. The van der Waals surface area contributed by atoms with Crippen LogP contribution in [0.1, 0.15) is 16.8 Å². The zero-order valence-corrected chi connectivity index (χ0v) is 11.4. The molecule has 20 heavy (non-hydrogen) atoms. The number of benzene rings is 1. The van der Waals surface area contributed by atoms with Crippen LogP contribution in [0.3, 0.4) is 0 Å². The van der Waals surface area contributed by atoms with Crippen molar-refractivity contribution >= 4 is 5.78 Å². The monoisotopic (exact) mass is 269 g/mol. The molecule has 2 heterocycles. The van der Waals surface area contributed by atoms with E-state index in [0.717, 1.165) is 22.6 Å². The minimum Gasteiger partial charge on any atom is -0.439 e. The maximum Gasteiger partial charge on any atom is 0.255 e. The second kappa shape index (κ2) is 4.90. The van der Waals surface area contributed by atoms with E-state index in [4.69, 9.17) is 10.5 Å². The van der Waals surface area contributed by atoms with Gasteiger partial charge in [-0.1, -0.05) is 12.1 Å². The zero-order valence-electron chi connectivity index (χ0n) is 11.4. The highest BCUT2D eigenvalue weighted by molar-refractivity contribution is 5.41. The Morgan fingerprint density at radius 1 is 1.25 bits per heavy atom. The Labute approximate surface area is 116 Å². The smallest absolute Gasteiger partial charge is 0.255 e. The van der Waals surface area contributed by atoms with E-state index < -0.39 is 0 Å². The molecule has 0 spiro atoms. The van der Waals surface area contributed by atoms with Gasteiger partial charge in [-0.25, -0.2) is 4.98 Å². The summed E-state index contributed by atoms with van der Waals surface area (Å²) in [5.74, 6) is 1.87. The van der Waals surface area contributed by atoms with Crippen LogP contribution in [0.5, 0.6) is 11.6 Å². The van der Waals surface area contributed by atoms with Crippen molar-refractivity contribution in [2.24, 2.45) is 5.73 Å². The molecule has 3 aromatic rings. The fraction of sp³-hybridized carbons (Fsp3) is 0.214. The van der Waals surface area contributed by atoms with Crippen LogP contribution in [-0.2, 0) is 6.54 Å². The lowest BCUT2D eigenvalue weighted by atomic mass is 10.1. The van der Waals surface area contributed by atoms with Crippen LogP contribution in [0.2, 0.25) is 0 Å². The summed E-state index contributed by atoms with van der Waals surface area (Å²) in [5.41, 5.74) is 8.55. The van der Waals surface area contributed by atoms with Crippen molar-refractivity contribution in [3.05, 3.63) is 47.4 Å². The summed E-state index contributed by atoms with van der Waals surface area (Å²) in [6.45, 7) is 4.36. The molecule has 0 atom stereocenters. The Bertz CT molecular complexity index is 765. The molecule has 0 saturated heterocycles. The molecule has 3 rings (SSSR count). The number of aryl methyl sites for hydroxylation is 2. The first-order valence-electron chi connectivity index (χ1n) is 6.32. The van der Waals surface area contributed by atoms with E-state index in [1.165, 1.54) is 6.33 Å². The third kappa shape index (κ3) is 2.21. The van der Waals surface area contributed by atoms with Gasteiger partial charge in [-0.05, 0) is 31.0 Å². The van der Waals surface area contributed by atoms with E-state index in [1.54, 1.807) is 4.52 Å². The van der Waals surface area contributed by atoms with Crippen molar-refractivity contribution in [1.29, 1.82) is 0 Å². The summed E-state index contributed by atoms with van der Waals surface area (Å²) in [6, 6.07) is 7.75. The van der Waals surface area contributed by atoms with E-state index in [1.807, 2.05) is 38.1 Å². The van der Waals surface area contributed by atoms with E-state index in [-0.39, 0.29) is 0 Å². The number of fused-ring (bicyclic) bond motifs is 1. The molecular weight excluding hydrogens is 254 g/mol. The first-order chi connectivity index (χ1) is 9.67. The van der Waals surface area contributed by atoms with Crippen molar-refractivity contribution in [2.75, 3.05) is 0 Å². The van der Waals surface area contributed by atoms with Crippen LogP contribution in [0, 0.1) is 13.8 Å². The SMILES string of the molecule is Cc1cc(Oc2cc(CN)ccc2C)n2ncnc2n1. The zero-order chi connectivity index (χ0) is 14.1. The van der Waals surface area contributed by atoms with E-state index in [9.17, 15) is 0 Å². The molecule has 0 aliphatic carbocycles. The van der Waals surface area contributed by atoms with Crippen LogP contribution in [0.25, 0.3) is 5.78 Å². The molecule has 2 aromatic heterocycles. The standard InChI is InChI=1S/C14H15N5O/c1-9-3-4-11(7-15)6-12(9)20-13-5-10(2)18-14-16-8-17-19(13)14/h3-6,8H,7,15H2,1-2H3. The minimum absolute atomic E-state index is 0.477. The predicted molar refractivity (Wildman–Crippen MR) is 74.7 cm³/mol. The topological polar surface area (TPSA) is 78.3 Å². The largest absolute Gasteiger partial charge is 0.439 e. The Hall–Kier alpha value is -2.47.